The molecule has 2 aromatic rings. The molecule has 2 aromatic carbocycles. The van der Waals surface area contributed by atoms with E-state index in [4.69, 9.17) is 0 Å². The van der Waals surface area contributed by atoms with E-state index < -0.39 is 11.8 Å². The van der Waals surface area contributed by atoms with Crippen molar-refractivity contribution < 1.29 is 13.6 Å². The highest BCUT2D eigenvalue weighted by atomic mass is 32.2. The topological polar surface area (TPSA) is 41.1 Å². The molecule has 2 N–H and O–H groups in total. The molecule has 0 spiro atoms. The molecule has 0 radical (unpaired) electrons. The van der Waals surface area contributed by atoms with Gasteiger partial charge in [-0.05, 0) is 29.5 Å². The van der Waals surface area contributed by atoms with E-state index in [0.29, 0.717) is 29.8 Å². The molecule has 2 rings (SSSR count). The molecule has 0 atom stereocenters. The number of alkyl halides is 2. The molecule has 0 saturated heterocycles. The summed E-state index contributed by atoms with van der Waals surface area (Å²) in [4.78, 5) is 11.7. The molecule has 0 unspecified atom stereocenters. The number of amides is 1. The van der Waals surface area contributed by atoms with Crippen molar-refractivity contribution in [3.8, 4) is 23.0 Å². The molecule has 0 heterocycles. The zero-order valence-electron chi connectivity index (χ0n) is 14.6. The summed E-state index contributed by atoms with van der Waals surface area (Å²) in [5.74, 6) is 1.63. The third kappa shape index (κ3) is 5.87. The first-order valence-electron chi connectivity index (χ1n) is 8.05. The van der Waals surface area contributed by atoms with Gasteiger partial charge in [0, 0.05) is 37.1 Å². The van der Waals surface area contributed by atoms with Crippen molar-refractivity contribution in [1.29, 1.82) is 0 Å². The Balaban J connectivity index is 2.22. The monoisotopic (exact) mass is 374 g/mol. The van der Waals surface area contributed by atoms with Crippen molar-refractivity contribution in [1.82, 2.24) is 10.0 Å². The lowest BCUT2D eigenvalue weighted by Crippen LogP contribution is -2.28. The van der Waals surface area contributed by atoms with E-state index in [1.807, 2.05) is 12.3 Å². The smallest absolute Gasteiger partial charge is 0.296 e. The molecule has 0 aromatic heterocycles. The van der Waals surface area contributed by atoms with Crippen molar-refractivity contribution >= 4 is 17.9 Å². The van der Waals surface area contributed by atoms with E-state index in [9.17, 15) is 13.6 Å². The Morgan fingerprint density at radius 1 is 1.15 bits per heavy atom. The van der Waals surface area contributed by atoms with Crippen LogP contribution in [0.5, 0.6) is 0 Å². The second-order valence-electron chi connectivity index (χ2n) is 5.62. The summed E-state index contributed by atoms with van der Waals surface area (Å²) in [5, 5.41) is 2.63. The molecular formula is C20H20F2N2OS. The maximum Gasteiger partial charge on any atom is 0.296 e. The fourth-order valence-electron chi connectivity index (χ4n) is 2.36. The number of benzene rings is 2. The Bertz CT molecular complexity index is 808. The van der Waals surface area contributed by atoms with Crippen LogP contribution in [-0.2, 0) is 10.7 Å². The third-order valence-corrected chi connectivity index (χ3v) is 4.05. The van der Waals surface area contributed by atoms with Crippen molar-refractivity contribution in [2.24, 2.45) is 0 Å². The molecule has 0 aliphatic rings. The van der Waals surface area contributed by atoms with Crippen LogP contribution in [0.3, 0.4) is 0 Å². The molecule has 136 valence electrons. The summed E-state index contributed by atoms with van der Waals surface area (Å²) in [6.07, 6.45) is 1.89. The van der Waals surface area contributed by atoms with Gasteiger partial charge in [0.1, 0.15) is 0 Å². The van der Waals surface area contributed by atoms with Crippen LogP contribution in [0, 0.1) is 11.8 Å². The van der Waals surface area contributed by atoms with Crippen LogP contribution in [0.2, 0.25) is 0 Å². The Morgan fingerprint density at radius 3 is 2.54 bits per heavy atom. The molecule has 0 aliphatic carbocycles. The second kappa shape index (κ2) is 9.37. The first kappa shape index (κ1) is 20.0. The summed E-state index contributed by atoms with van der Waals surface area (Å²) in [6, 6.07) is 13.6. The first-order chi connectivity index (χ1) is 12.4. The number of halogens is 2. The van der Waals surface area contributed by atoms with Crippen LogP contribution >= 0.6 is 11.9 Å². The van der Waals surface area contributed by atoms with Gasteiger partial charge in [-0.15, -0.1) is 0 Å². The van der Waals surface area contributed by atoms with Gasteiger partial charge in [-0.2, -0.15) is 0 Å². The molecular weight excluding hydrogens is 354 g/mol. The van der Waals surface area contributed by atoms with Crippen LogP contribution in [-0.4, -0.2) is 25.3 Å². The predicted molar refractivity (Wildman–Crippen MR) is 103 cm³/mol. The van der Waals surface area contributed by atoms with Crippen LogP contribution < -0.4 is 10.0 Å². The fourth-order valence-corrected chi connectivity index (χ4v) is 2.66. The fraction of sp³-hybridized carbons (Fsp3) is 0.250. The zero-order chi connectivity index (χ0) is 19.0. The number of rotatable bonds is 6. The minimum Gasteiger partial charge on any atom is -0.344 e. The van der Waals surface area contributed by atoms with Gasteiger partial charge >= 0.3 is 0 Å². The average molecular weight is 374 g/mol. The minimum atomic E-state index is -3.02. The molecule has 0 aliphatic heterocycles. The Kier molecular flexibility index (Phi) is 7.19. The number of hydrogen-bond donors (Lipinski definition) is 2. The molecule has 3 nitrogen and oxygen atoms in total. The standard InChI is InChI=1S/C20H20F2N2OS/c1-20(21,22)18-14-15(9-11-19(25)23-12-13-24-26-2)8-10-17(18)16-6-4-3-5-7-16/h3-8,10,14,24H,12-13H2,1-2H3,(H,23,25). The third-order valence-electron chi connectivity index (χ3n) is 3.55. The molecule has 0 fully saturated rings. The van der Waals surface area contributed by atoms with Gasteiger partial charge in [-0.1, -0.05) is 54.3 Å². The molecule has 6 heteroatoms. The summed E-state index contributed by atoms with van der Waals surface area (Å²) < 4.78 is 31.2. The van der Waals surface area contributed by atoms with Crippen molar-refractivity contribution in [2.45, 2.75) is 12.8 Å². The van der Waals surface area contributed by atoms with Crippen LogP contribution in [0.4, 0.5) is 8.78 Å². The number of carbonyl (C=O) groups is 1. The highest BCUT2D eigenvalue weighted by molar-refractivity contribution is 7.96. The summed E-state index contributed by atoms with van der Waals surface area (Å²) in [6.45, 7) is 1.92. The maximum atomic E-state index is 14.1. The molecule has 26 heavy (non-hydrogen) atoms. The molecule has 0 saturated carbocycles. The van der Waals surface area contributed by atoms with Crippen LogP contribution in [0.15, 0.2) is 48.5 Å². The van der Waals surface area contributed by atoms with Gasteiger partial charge in [-0.3, -0.25) is 9.52 Å². The van der Waals surface area contributed by atoms with Gasteiger partial charge < -0.3 is 5.32 Å². The summed E-state index contributed by atoms with van der Waals surface area (Å²) in [7, 11) is 0. The number of nitrogens with one attached hydrogen (secondary N) is 2. The highest BCUT2D eigenvalue weighted by Crippen LogP contribution is 2.36. The lowest BCUT2D eigenvalue weighted by atomic mass is 9.94. The maximum absolute atomic E-state index is 14.1. The number of hydrogen-bond acceptors (Lipinski definition) is 3. The van der Waals surface area contributed by atoms with Crippen molar-refractivity contribution in [3.05, 3.63) is 59.7 Å². The van der Waals surface area contributed by atoms with E-state index in [2.05, 4.69) is 21.9 Å². The van der Waals surface area contributed by atoms with Gasteiger partial charge in [0.05, 0.1) is 0 Å². The van der Waals surface area contributed by atoms with E-state index in [0.717, 1.165) is 6.92 Å². The zero-order valence-corrected chi connectivity index (χ0v) is 15.4. The van der Waals surface area contributed by atoms with Crippen LogP contribution in [0.1, 0.15) is 18.1 Å². The summed E-state index contributed by atoms with van der Waals surface area (Å²) >= 11 is 1.46. The average Bonchev–Trinajstić information content (AvgIpc) is 2.63. The summed E-state index contributed by atoms with van der Waals surface area (Å²) in [5.41, 5.74) is 1.43. The van der Waals surface area contributed by atoms with E-state index in [1.54, 1.807) is 36.4 Å². The SMILES string of the molecule is CSNCCNC(=O)C#Cc1ccc(-c2ccccc2)c(C(C)(F)F)c1. The lowest BCUT2D eigenvalue weighted by molar-refractivity contribution is -0.115. The van der Waals surface area contributed by atoms with Gasteiger partial charge in [0.25, 0.3) is 11.8 Å². The Labute approximate surface area is 156 Å². The number of carbonyl (C=O) groups excluding carboxylic acids is 1. The van der Waals surface area contributed by atoms with Crippen molar-refractivity contribution in [2.75, 3.05) is 19.3 Å². The van der Waals surface area contributed by atoms with E-state index >= 15 is 0 Å². The predicted octanol–water partition coefficient (Wildman–Crippen LogP) is 3.80. The van der Waals surface area contributed by atoms with Crippen LogP contribution in [0.25, 0.3) is 11.1 Å². The normalized spacial score (nSPS) is 10.8. The largest absolute Gasteiger partial charge is 0.344 e. The molecule has 0 bridgehead atoms. The molecule has 1 amide bonds. The second-order valence-corrected chi connectivity index (χ2v) is 6.32. The van der Waals surface area contributed by atoms with E-state index in [1.165, 1.54) is 18.0 Å². The first-order valence-corrected chi connectivity index (χ1v) is 9.28. The Morgan fingerprint density at radius 2 is 1.88 bits per heavy atom. The highest BCUT2D eigenvalue weighted by Gasteiger charge is 2.28. The quantitative estimate of drug-likeness (QED) is 0.459. The lowest BCUT2D eigenvalue weighted by Gasteiger charge is -2.16. The minimum absolute atomic E-state index is 0.111. The van der Waals surface area contributed by atoms with E-state index in [-0.39, 0.29) is 5.56 Å². The van der Waals surface area contributed by atoms with Gasteiger partial charge in [-0.25, -0.2) is 8.78 Å². The van der Waals surface area contributed by atoms with Crippen molar-refractivity contribution in [3.63, 3.8) is 0 Å². The van der Waals surface area contributed by atoms with Gasteiger partial charge in [0.15, 0.2) is 0 Å². The van der Waals surface area contributed by atoms with Gasteiger partial charge in [0.2, 0.25) is 0 Å². The Hall–Kier alpha value is -2.36.